The number of aromatic amines is 1. The van der Waals surface area contributed by atoms with E-state index >= 15 is 0 Å². The molecule has 12 nitrogen and oxygen atoms in total. The third-order valence-corrected chi connectivity index (χ3v) is 4.42. The van der Waals surface area contributed by atoms with Crippen molar-refractivity contribution >= 4 is 34.1 Å². The summed E-state index contributed by atoms with van der Waals surface area (Å²) in [7, 11) is 0. The van der Waals surface area contributed by atoms with E-state index in [1.807, 2.05) is 0 Å². The fourth-order valence-corrected chi connectivity index (χ4v) is 2.93. The summed E-state index contributed by atoms with van der Waals surface area (Å²) in [6, 6.07) is 10.7. The van der Waals surface area contributed by atoms with Crippen molar-refractivity contribution in [3.05, 3.63) is 52.6 Å². The van der Waals surface area contributed by atoms with E-state index < -0.39 is 35.3 Å². The summed E-state index contributed by atoms with van der Waals surface area (Å²) >= 11 is 0. The average molecular weight is 425 g/mol. The lowest BCUT2D eigenvalue weighted by atomic mass is 10.2. The first kappa shape index (κ1) is 19.8. The molecule has 2 aromatic carbocycles. The maximum Gasteiger partial charge on any atom is 0.283 e. The molecule has 1 aromatic heterocycles. The van der Waals surface area contributed by atoms with Gasteiger partial charge in [0.05, 0.1) is 10.4 Å². The fraction of sp³-hybridized carbons (Fsp3) is 0.158. The van der Waals surface area contributed by atoms with Gasteiger partial charge in [0, 0.05) is 17.5 Å². The zero-order valence-corrected chi connectivity index (χ0v) is 15.8. The van der Waals surface area contributed by atoms with Crippen molar-refractivity contribution < 1.29 is 29.1 Å². The van der Waals surface area contributed by atoms with E-state index in [4.69, 9.17) is 9.47 Å². The molecule has 0 unspecified atom stereocenters. The summed E-state index contributed by atoms with van der Waals surface area (Å²) in [6.07, 6.45) is -0.933. The number of fused-ring (bicyclic) bond motifs is 2. The van der Waals surface area contributed by atoms with Crippen LogP contribution < -0.4 is 14.8 Å². The number of carbonyl (C=O) groups is 2. The predicted octanol–water partition coefficient (Wildman–Crippen LogP) is 2.35. The lowest BCUT2D eigenvalue weighted by Gasteiger charge is -2.25. The van der Waals surface area contributed by atoms with E-state index in [1.165, 1.54) is 18.2 Å². The molecule has 12 heteroatoms. The Hall–Kier alpha value is -4.48. The van der Waals surface area contributed by atoms with Crippen molar-refractivity contribution in [2.24, 2.45) is 10.2 Å². The number of para-hydroxylation sites is 2. The molecule has 1 aliphatic heterocycles. The Kier molecular flexibility index (Phi) is 5.18. The number of aromatic nitrogens is 1. The largest absolute Gasteiger partial charge is 0.493 e. The van der Waals surface area contributed by atoms with Gasteiger partial charge in [0.15, 0.2) is 17.2 Å². The molecule has 4 rings (SSSR count). The molecular formula is C19H15N5O7. The van der Waals surface area contributed by atoms with Gasteiger partial charge >= 0.3 is 0 Å². The second-order valence-electron chi connectivity index (χ2n) is 6.48. The molecule has 158 valence electrons. The van der Waals surface area contributed by atoms with Gasteiger partial charge in [0.1, 0.15) is 13.2 Å². The molecule has 2 amide bonds. The van der Waals surface area contributed by atoms with Crippen LogP contribution in [0.25, 0.3) is 10.9 Å². The van der Waals surface area contributed by atoms with E-state index in [-0.39, 0.29) is 23.4 Å². The lowest BCUT2D eigenvalue weighted by molar-refractivity contribution is -0.384. The molecule has 0 aliphatic carbocycles. The fourth-order valence-electron chi connectivity index (χ4n) is 2.93. The minimum atomic E-state index is -0.933. The van der Waals surface area contributed by atoms with Gasteiger partial charge in [-0.1, -0.05) is 12.1 Å². The van der Waals surface area contributed by atoms with Gasteiger partial charge < -0.3 is 24.9 Å². The number of amides is 2. The third kappa shape index (κ3) is 4.12. The van der Waals surface area contributed by atoms with Gasteiger partial charge in [0.2, 0.25) is 12.0 Å². The predicted molar refractivity (Wildman–Crippen MR) is 106 cm³/mol. The van der Waals surface area contributed by atoms with E-state index in [1.54, 1.807) is 24.3 Å². The van der Waals surface area contributed by atoms with Crippen LogP contribution in [0.15, 0.2) is 52.7 Å². The zero-order valence-electron chi connectivity index (χ0n) is 15.8. The normalized spacial score (nSPS) is 15.2. The Morgan fingerprint density at radius 3 is 2.81 bits per heavy atom. The van der Waals surface area contributed by atoms with Crippen LogP contribution in [0, 0.1) is 10.1 Å². The number of nitrogens with zero attached hydrogens (tertiary/aromatic N) is 3. The molecule has 3 aromatic rings. The van der Waals surface area contributed by atoms with Crippen LogP contribution in [0.1, 0.15) is 0 Å². The molecule has 0 saturated heterocycles. The van der Waals surface area contributed by atoms with Crippen molar-refractivity contribution in [2.45, 2.75) is 6.10 Å². The highest BCUT2D eigenvalue weighted by molar-refractivity contribution is 5.96. The van der Waals surface area contributed by atoms with Crippen LogP contribution in [0.5, 0.6) is 17.4 Å². The quantitative estimate of drug-likeness (QED) is 0.320. The van der Waals surface area contributed by atoms with Gasteiger partial charge in [-0.3, -0.25) is 19.7 Å². The lowest BCUT2D eigenvalue weighted by Crippen LogP contribution is -2.45. The summed E-state index contributed by atoms with van der Waals surface area (Å²) in [4.78, 5) is 37.2. The summed E-state index contributed by atoms with van der Waals surface area (Å²) in [5.41, 5.74) is 0.0457. The van der Waals surface area contributed by atoms with E-state index in [0.29, 0.717) is 17.0 Å². The minimum Gasteiger partial charge on any atom is -0.493 e. The number of nitro groups is 1. The summed E-state index contributed by atoms with van der Waals surface area (Å²) < 4.78 is 11.0. The Morgan fingerprint density at radius 2 is 2.03 bits per heavy atom. The summed E-state index contributed by atoms with van der Waals surface area (Å²) in [5.74, 6) is -0.824. The second-order valence-corrected chi connectivity index (χ2v) is 6.48. The van der Waals surface area contributed by atoms with Crippen LogP contribution in [-0.4, -0.2) is 46.1 Å². The number of rotatable bonds is 5. The van der Waals surface area contributed by atoms with E-state index in [9.17, 15) is 24.8 Å². The van der Waals surface area contributed by atoms with E-state index in [2.05, 4.69) is 20.5 Å². The molecule has 0 fully saturated rings. The summed E-state index contributed by atoms with van der Waals surface area (Å²) in [6.45, 7) is -0.479. The SMILES string of the molecule is O=C(CNC(=O)[C@H]1COc2ccccc2O1)N=Nc1c(O)[nH]c2ccc([N+](=O)[O-])cc12. The number of benzene rings is 2. The number of ether oxygens (including phenoxy) is 2. The second kappa shape index (κ2) is 8.10. The van der Waals surface area contributed by atoms with Gasteiger partial charge in [-0.05, 0) is 18.2 Å². The molecular weight excluding hydrogens is 410 g/mol. The molecule has 2 heterocycles. The number of nitro benzene ring substituents is 1. The van der Waals surface area contributed by atoms with Crippen LogP contribution in [0.3, 0.4) is 0 Å². The smallest absolute Gasteiger partial charge is 0.283 e. The maximum absolute atomic E-state index is 12.2. The van der Waals surface area contributed by atoms with Gasteiger partial charge in [-0.25, -0.2) is 0 Å². The standard InChI is InChI=1S/C19H15N5O7/c25-16(8-20-18(26)15-9-30-13-3-1-2-4-14(13)31-15)22-23-17-11-7-10(24(28)29)5-6-12(11)21-19(17)27/h1-7,15,21,27H,8-9H2,(H,20,26)/t15-/m1/s1. The number of non-ortho nitro benzene ring substituents is 1. The number of carbonyl (C=O) groups excluding carboxylic acids is 2. The third-order valence-electron chi connectivity index (χ3n) is 4.42. The number of H-pyrrole nitrogens is 1. The number of azo groups is 1. The number of hydrogen-bond donors (Lipinski definition) is 3. The Morgan fingerprint density at radius 1 is 1.26 bits per heavy atom. The average Bonchev–Trinajstić information content (AvgIpc) is 3.09. The molecule has 1 atom stereocenters. The van der Waals surface area contributed by atoms with Gasteiger partial charge in [0.25, 0.3) is 17.5 Å². The van der Waals surface area contributed by atoms with Gasteiger partial charge in [-0.2, -0.15) is 0 Å². The maximum atomic E-state index is 12.2. The number of hydrogen-bond acceptors (Lipinski definition) is 8. The summed E-state index contributed by atoms with van der Waals surface area (Å²) in [5, 5.41) is 30.6. The Bertz CT molecular complexity index is 1220. The molecule has 0 bridgehead atoms. The van der Waals surface area contributed by atoms with Crippen LogP contribution >= 0.6 is 0 Å². The topological polar surface area (TPSA) is 169 Å². The zero-order chi connectivity index (χ0) is 22.0. The van der Waals surface area contributed by atoms with Gasteiger partial charge in [-0.15, -0.1) is 10.2 Å². The molecule has 3 N–H and O–H groups in total. The van der Waals surface area contributed by atoms with Crippen LogP contribution in [0.2, 0.25) is 0 Å². The van der Waals surface area contributed by atoms with Crippen molar-refractivity contribution in [3.63, 3.8) is 0 Å². The van der Waals surface area contributed by atoms with Crippen molar-refractivity contribution in [1.29, 1.82) is 0 Å². The highest BCUT2D eigenvalue weighted by Gasteiger charge is 2.27. The first-order chi connectivity index (χ1) is 14.9. The minimum absolute atomic E-state index is 0.0133. The number of aromatic hydroxyl groups is 1. The van der Waals surface area contributed by atoms with Crippen molar-refractivity contribution in [1.82, 2.24) is 10.3 Å². The Labute approximate surface area is 173 Å². The molecule has 0 saturated carbocycles. The van der Waals surface area contributed by atoms with Crippen molar-refractivity contribution in [3.8, 4) is 17.4 Å². The molecule has 0 radical (unpaired) electrons. The molecule has 0 spiro atoms. The highest BCUT2D eigenvalue weighted by Crippen LogP contribution is 2.37. The molecule has 31 heavy (non-hydrogen) atoms. The Balaban J connectivity index is 1.39. The monoisotopic (exact) mass is 425 g/mol. The van der Waals surface area contributed by atoms with E-state index in [0.717, 1.165) is 0 Å². The van der Waals surface area contributed by atoms with Crippen LogP contribution in [0.4, 0.5) is 11.4 Å². The first-order valence-electron chi connectivity index (χ1n) is 9.02. The molecule has 1 aliphatic rings. The highest BCUT2D eigenvalue weighted by atomic mass is 16.6. The number of nitrogens with one attached hydrogen (secondary N) is 2. The first-order valence-corrected chi connectivity index (χ1v) is 9.02. The van der Waals surface area contributed by atoms with Crippen LogP contribution in [-0.2, 0) is 9.59 Å². The van der Waals surface area contributed by atoms with Crippen molar-refractivity contribution in [2.75, 3.05) is 13.2 Å².